The molecule has 3 heterocycles. The topological polar surface area (TPSA) is 60.2 Å². The second kappa shape index (κ2) is 7.25. The zero-order chi connectivity index (χ0) is 21.0. The predicted octanol–water partition coefficient (Wildman–Crippen LogP) is 5.32. The molecule has 0 N–H and O–H groups in total. The summed E-state index contributed by atoms with van der Waals surface area (Å²) in [5, 5.41) is 0.486. The fourth-order valence-corrected chi connectivity index (χ4v) is 3.99. The van der Waals surface area contributed by atoms with Gasteiger partial charge in [0.15, 0.2) is 10.9 Å². The Labute approximate surface area is 182 Å². The van der Waals surface area contributed by atoms with E-state index in [1.165, 1.54) is 18.3 Å². The third-order valence-electron chi connectivity index (χ3n) is 5.31. The largest absolute Gasteiger partial charge is 0.454 e. The molecule has 0 unspecified atom stereocenters. The van der Waals surface area contributed by atoms with Crippen LogP contribution in [-0.4, -0.2) is 31.9 Å². The van der Waals surface area contributed by atoms with E-state index in [2.05, 4.69) is 9.97 Å². The standard InChI is InChI=1S/C21H17Cl2FN4O2/c1-11-18(28-10-27(9-12-2-3-12)21(29)20(28)26-11)15-5-4-14(7-16(15)24)30-17-6-13(22)8-25-19(17)23/h4-8,12H,2-3,9-10H2,1H3. The van der Waals surface area contributed by atoms with Crippen molar-refractivity contribution in [3.05, 3.63) is 58.0 Å². The highest BCUT2D eigenvalue weighted by Crippen LogP contribution is 2.37. The Morgan fingerprint density at radius 1 is 1.27 bits per heavy atom. The first kappa shape index (κ1) is 19.3. The summed E-state index contributed by atoms with van der Waals surface area (Å²) in [6.45, 7) is 2.90. The van der Waals surface area contributed by atoms with E-state index in [0.717, 1.165) is 19.4 Å². The first-order valence-corrected chi connectivity index (χ1v) is 10.3. The molecule has 0 bridgehead atoms. The second-order valence-corrected chi connectivity index (χ2v) is 8.39. The number of rotatable bonds is 5. The van der Waals surface area contributed by atoms with Crippen LogP contribution in [0.1, 0.15) is 29.2 Å². The molecule has 5 rings (SSSR count). The van der Waals surface area contributed by atoms with Crippen LogP contribution in [0, 0.1) is 18.7 Å². The number of ether oxygens (including phenoxy) is 1. The van der Waals surface area contributed by atoms with Gasteiger partial charge in [-0.05, 0) is 37.8 Å². The maximum atomic E-state index is 15.1. The van der Waals surface area contributed by atoms with E-state index in [1.54, 1.807) is 28.5 Å². The van der Waals surface area contributed by atoms with E-state index < -0.39 is 5.82 Å². The van der Waals surface area contributed by atoms with E-state index >= 15 is 4.39 Å². The van der Waals surface area contributed by atoms with Gasteiger partial charge < -0.3 is 14.2 Å². The smallest absolute Gasteiger partial charge is 0.291 e. The molecule has 1 saturated carbocycles. The van der Waals surface area contributed by atoms with E-state index in [-0.39, 0.29) is 22.6 Å². The highest BCUT2D eigenvalue weighted by Gasteiger charge is 2.36. The minimum absolute atomic E-state index is 0.0975. The lowest BCUT2D eigenvalue weighted by Gasteiger charge is -2.16. The third kappa shape index (κ3) is 3.42. The molecular formula is C21H17Cl2FN4O2. The quantitative estimate of drug-likeness (QED) is 0.497. The number of amides is 1. The maximum absolute atomic E-state index is 15.1. The van der Waals surface area contributed by atoms with Gasteiger partial charge in [0.25, 0.3) is 5.91 Å². The molecule has 1 aliphatic carbocycles. The molecule has 0 spiro atoms. The normalized spacial score (nSPS) is 15.6. The van der Waals surface area contributed by atoms with Gasteiger partial charge in [0, 0.05) is 30.4 Å². The summed E-state index contributed by atoms with van der Waals surface area (Å²) in [7, 11) is 0. The van der Waals surface area contributed by atoms with Gasteiger partial charge in [-0.2, -0.15) is 0 Å². The van der Waals surface area contributed by atoms with Crippen molar-refractivity contribution in [3.8, 4) is 22.8 Å². The van der Waals surface area contributed by atoms with Crippen molar-refractivity contribution >= 4 is 29.1 Å². The molecule has 3 aromatic rings. The van der Waals surface area contributed by atoms with Crippen molar-refractivity contribution in [1.82, 2.24) is 19.4 Å². The second-order valence-electron chi connectivity index (χ2n) is 7.60. The van der Waals surface area contributed by atoms with Crippen LogP contribution >= 0.6 is 23.2 Å². The van der Waals surface area contributed by atoms with Crippen molar-refractivity contribution in [2.24, 2.45) is 5.92 Å². The van der Waals surface area contributed by atoms with Gasteiger partial charge in [0.1, 0.15) is 11.6 Å². The number of halogens is 3. The fourth-order valence-electron chi connectivity index (χ4n) is 3.70. The number of fused-ring (bicyclic) bond motifs is 1. The Bertz CT molecular complexity index is 1180. The average Bonchev–Trinajstić information content (AvgIpc) is 3.40. The van der Waals surface area contributed by atoms with Crippen molar-refractivity contribution in [1.29, 1.82) is 0 Å². The van der Waals surface area contributed by atoms with Crippen molar-refractivity contribution < 1.29 is 13.9 Å². The Kier molecular flexibility index (Phi) is 4.67. The van der Waals surface area contributed by atoms with Gasteiger partial charge in [-0.3, -0.25) is 4.79 Å². The fraction of sp³-hybridized carbons (Fsp3) is 0.286. The molecule has 0 radical (unpaired) electrons. The third-order valence-corrected chi connectivity index (χ3v) is 5.80. The van der Waals surface area contributed by atoms with Gasteiger partial charge in [0.05, 0.1) is 23.1 Å². The number of imidazole rings is 1. The summed E-state index contributed by atoms with van der Waals surface area (Å²) in [5.74, 6) is 0.840. The number of benzene rings is 1. The lowest BCUT2D eigenvalue weighted by Crippen LogP contribution is -2.27. The molecule has 2 aromatic heterocycles. The molecule has 9 heteroatoms. The number of aryl methyl sites for hydroxylation is 1. The summed E-state index contributed by atoms with van der Waals surface area (Å²) in [4.78, 5) is 22.8. The Morgan fingerprint density at radius 3 is 2.80 bits per heavy atom. The van der Waals surface area contributed by atoms with E-state index in [1.807, 2.05) is 0 Å². The van der Waals surface area contributed by atoms with Crippen molar-refractivity contribution in [2.75, 3.05) is 6.54 Å². The van der Waals surface area contributed by atoms with E-state index in [9.17, 15) is 4.79 Å². The van der Waals surface area contributed by atoms with Crippen LogP contribution in [0.2, 0.25) is 10.2 Å². The highest BCUT2D eigenvalue weighted by molar-refractivity contribution is 6.33. The zero-order valence-corrected chi connectivity index (χ0v) is 17.5. The van der Waals surface area contributed by atoms with Crippen molar-refractivity contribution in [3.63, 3.8) is 0 Å². The molecule has 1 aromatic carbocycles. The minimum Gasteiger partial charge on any atom is -0.454 e. The molecular weight excluding hydrogens is 430 g/mol. The Morgan fingerprint density at radius 2 is 2.07 bits per heavy atom. The summed E-state index contributed by atoms with van der Waals surface area (Å²) in [6, 6.07) is 6.02. The van der Waals surface area contributed by atoms with Crippen LogP contribution in [0.15, 0.2) is 30.5 Å². The van der Waals surface area contributed by atoms with Gasteiger partial charge in [-0.25, -0.2) is 14.4 Å². The summed E-state index contributed by atoms with van der Waals surface area (Å²) in [6.07, 6.45) is 3.71. The van der Waals surface area contributed by atoms with Crippen LogP contribution in [0.4, 0.5) is 4.39 Å². The molecule has 6 nitrogen and oxygen atoms in total. The summed E-state index contributed by atoms with van der Waals surface area (Å²) < 4.78 is 22.5. The van der Waals surface area contributed by atoms with E-state index in [4.69, 9.17) is 27.9 Å². The molecule has 1 aliphatic heterocycles. The van der Waals surface area contributed by atoms with Crippen molar-refractivity contribution in [2.45, 2.75) is 26.4 Å². The number of nitrogens with zero attached hydrogens (tertiary/aromatic N) is 4. The number of hydrogen-bond donors (Lipinski definition) is 0. The zero-order valence-electron chi connectivity index (χ0n) is 16.0. The summed E-state index contributed by atoms with van der Waals surface area (Å²) >= 11 is 11.9. The molecule has 0 atom stereocenters. The van der Waals surface area contributed by atoms with Gasteiger partial charge in [0.2, 0.25) is 5.82 Å². The lowest BCUT2D eigenvalue weighted by molar-refractivity contribution is 0.0758. The number of carbonyl (C=O) groups excluding carboxylic acids is 1. The number of aromatic nitrogens is 3. The van der Waals surface area contributed by atoms with Gasteiger partial charge in [-0.1, -0.05) is 23.2 Å². The molecule has 1 amide bonds. The molecule has 30 heavy (non-hydrogen) atoms. The molecule has 1 fully saturated rings. The monoisotopic (exact) mass is 446 g/mol. The number of hydrogen-bond acceptors (Lipinski definition) is 4. The first-order valence-electron chi connectivity index (χ1n) is 9.56. The Hall–Kier alpha value is -2.64. The summed E-state index contributed by atoms with van der Waals surface area (Å²) in [5.41, 5.74) is 1.57. The average molecular weight is 447 g/mol. The van der Waals surface area contributed by atoms with Gasteiger partial charge >= 0.3 is 0 Å². The minimum atomic E-state index is -0.488. The molecule has 154 valence electrons. The maximum Gasteiger partial charge on any atom is 0.291 e. The molecule has 0 saturated heterocycles. The van der Waals surface area contributed by atoms with Crippen LogP contribution in [0.5, 0.6) is 11.5 Å². The lowest BCUT2D eigenvalue weighted by atomic mass is 10.1. The highest BCUT2D eigenvalue weighted by atomic mass is 35.5. The molecule has 2 aliphatic rings. The SMILES string of the molecule is Cc1nc2n(c1-c1ccc(Oc3cc(Cl)cnc3Cl)cc1F)CN(CC1CC1)C2=O. The van der Waals surface area contributed by atoms with E-state index in [0.29, 0.717) is 40.4 Å². The first-order chi connectivity index (χ1) is 14.4. The van der Waals surface area contributed by atoms with Crippen LogP contribution < -0.4 is 4.74 Å². The number of pyridine rings is 1. The number of carbonyl (C=O) groups is 1. The van der Waals surface area contributed by atoms with Gasteiger partial charge in [-0.15, -0.1) is 0 Å². The van der Waals surface area contributed by atoms with Crippen LogP contribution in [0.25, 0.3) is 11.3 Å². The Balaban J connectivity index is 1.45. The predicted molar refractivity (Wildman–Crippen MR) is 110 cm³/mol. The van der Waals surface area contributed by atoms with Crippen LogP contribution in [0.3, 0.4) is 0 Å². The van der Waals surface area contributed by atoms with Crippen LogP contribution in [-0.2, 0) is 6.67 Å².